The van der Waals surface area contributed by atoms with Crippen molar-refractivity contribution in [1.29, 1.82) is 0 Å². The second kappa shape index (κ2) is 9.34. The summed E-state index contributed by atoms with van der Waals surface area (Å²) in [5.41, 5.74) is 1.09. The van der Waals surface area contributed by atoms with E-state index in [4.69, 9.17) is 18.3 Å². The standard InChI is InChI=1S/C22H24N2O5/c25-22(23-8-7-17-5-6-20-21(13-17)29-12-11-28-20)16-24(14-18-3-1-9-26-18)15-19-4-2-10-27-19/h1-6,9-10,13H,7-8,11-12,14-16H2,(H,23,25). The van der Waals surface area contributed by atoms with Crippen LogP contribution in [0.5, 0.6) is 11.5 Å². The summed E-state index contributed by atoms with van der Waals surface area (Å²) >= 11 is 0. The molecule has 0 spiro atoms. The van der Waals surface area contributed by atoms with E-state index < -0.39 is 0 Å². The van der Waals surface area contributed by atoms with E-state index in [1.165, 1.54) is 0 Å². The van der Waals surface area contributed by atoms with E-state index in [1.807, 2.05) is 47.4 Å². The highest BCUT2D eigenvalue weighted by Crippen LogP contribution is 2.30. The molecule has 0 radical (unpaired) electrons. The van der Waals surface area contributed by atoms with Crippen LogP contribution in [0, 0.1) is 0 Å². The van der Waals surface area contributed by atoms with Crippen LogP contribution in [0.4, 0.5) is 0 Å². The quantitative estimate of drug-likeness (QED) is 0.599. The number of benzene rings is 1. The third-order valence-electron chi connectivity index (χ3n) is 4.63. The molecule has 29 heavy (non-hydrogen) atoms. The minimum atomic E-state index is -0.0411. The Kier molecular flexibility index (Phi) is 6.16. The fourth-order valence-corrected chi connectivity index (χ4v) is 3.26. The maximum absolute atomic E-state index is 12.5. The van der Waals surface area contributed by atoms with Gasteiger partial charge in [0.05, 0.1) is 32.2 Å². The third kappa shape index (κ3) is 5.42. The highest BCUT2D eigenvalue weighted by molar-refractivity contribution is 5.78. The van der Waals surface area contributed by atoms with Crippen LogP contribution in [-0.2, 0) is 24.3 Å². The van der Waals surface area contributed by atoms with Crippen LogP contribution in [0.25, 0.3) is 0 Å². The Morgan fingerprint density at radius 1 is 0.931 bits per heavy atom. The fraction of sp³-hybridized carbons (Fsp3) is 0.318. The number of carbonyl (C=O) groups excluding carboxylic acids is 1. The van der Waals surface area contributed by atoms with Gasteiger partial charge in [0.25, 0.3) is 0 Å². The van der Waals surface area contributed by atoms with E-state index in [9.17, 15) is 4.79 Å². The number of fused-ring (bicyclic) bond motifs is 1. The summed E-state index contributed by atoms with van der Waals surface area (Å²) < 4.78 is 22.0. The average molecular weight is 396 g/mol. The second-order valence-electron chi connectivity index (χ2n) is 6.88. The van der Waals surface area contributed by atoms with E-state index >= 15 is 0 Å². The Balaban J connectivity index is 1.28. The molecule has 1 aromatic carbocycles. The lowest BCUT2D eigenvalue weighted by Gasteiger charge is -2.20. The number of nitrogens with zero attached hydrogens (tertiary/aromatic N) is 1. The summed E-state index contributed by atoms with van der Waals surface area (Å²) in [4.78, 5) is 14.5. The van der Waals surface area contributed by atoms with E-state index in [0.717, 1.165) is 35.0 Å². The topological polar surface area (TPSA) is 77.1 Å². The van der Waals surface area contributed by atoms with Gasteiger partial charge in [0.2, 0.25) is 5.91 Å². The van der Waals surface area contributed by atoms with Crippen molar-refractivity contribution in [2.75, 3.05) is 26.3 Å². The lowest BCUT2D eigenvalue weighted by Crippen LogP contribution is -2.37. The summed E-state index contributed by atoms with van der Waals surface area (Å²) in [6.07, 6.45) is 3.99. The minimum absolute atomic E-state index is 0.0411. The zero-order valence-electron chi connectivity index (χ0n) is 16.1. The molecule has 1 aliphatic heterocycles. The molecule has 1 N–H and O–H groups in total. The maximum atomic E-state index is 12.5. The number of carbonyl (C=O) groups is 1. The molecule has 0 saturated heterocycles. The highest BCUT2D eigenvalue weighted by atomic mass is 16.6. The molecule has 7 nitrogen and oxygen atoms in total. The van der Waals surface area contributed by atoms with Crippen LogP contribution in [0.1, 0.15) is 17.1 Å². The molecule has 3 heterocycles. The van der Waals surface area contributed by atoms with Gasteiger partial charge in [-0.15, -0.1) is 0 Å². The van der Waals surface area contributed by atoms with Crippen molar-refractivity contribution in [3.8, 4) is 11.5 Å². The molecule has 0 unspecified atom stereocenters. The van der Waals surface area contributed by atoms with Crippen LogP contribution in [-0.4, -0.2) is 37.1 Å². The van der Waals surface area contributed by atoms with Gasteiger partial charge in [0.15, 0.2) is 11.5 Å². The molecule has 2 aromatic heterocycles. The van der Waals surface area contributed by atoms with Crippen LogP contribution in [0.3, 0.4) is 0 Å². The number of amides is 1. The largest absolute Gasteiger partial charge is 0.486 e. The van der Waals surface area contributed by atoms with Crippen molar-refractivity contribution in [3.63, 3.8) is 0 Å². The fourth-order valence-electron chi connectivity index (χ4n) is 3.26. The molecule has 1 aliphatic rings. The number of nitrogens with one attached hydrogen (secondary N) is 1. The van der Waals surface area contributed by atoms with E-state index in [2.05, 4.69) is 5.32 Å². The molecule has 0 saturated carbocycles. The van der Waals surface area contributed by atoms with Crippen LogP contribution in [0.15, 0.2) is 63.8 Å². The van der Waals surface area contributed by atoms with Gasteiger partial charge >= 0.3 is 0 Å². The summed E-state index contributed by atoms with van der Waals surface area (Å²) in [5, 5.41) is 2.99. The third-order valence-corrected chi connectivity index (χ3v) is 4.63. The zero-order chi connectivity index (χ0) is 19.9. The van der Waals surface area contributed by atoms with Gasteiger partial charge < -0.3 is 23.6 Å². The SMILES string of the molecule is O=C(CN(Cc1ccco1)Cc1ccco1)NCCc1ccc2c(c1)OCCO2. The number of ether oxygens (including phenoxy) is 2. The van der Waals surface area contributed by atoms with Gasteiger partial charge in [-0.2, -0.15) is 0 Å². The Hall–Kier alpha value is -3.19. The first-order chi connectivity index (χ1) is 14.3. The maximum Gasteiger partial charge on any atom is 0.234 e. The lowest BCUT2D eigenvalue weighted by molar-refractivity contribution is -0.122. The van der Waals surface area contributed by atoms with Gasteiger partial charge in [0, 0.05) is 6.54 Å². The first kappa shape index (κ1) is 19.1. The number of hydrogen-bond donors (Lipinski definition) is 1. The van der Waals surface area contributed by atoms with Gasteiger partial charge in [-0.05, 0) is 48.4 Å². The molecule has 7 heteroatoms. The molecule has 4 rings (SSSR count). The summed E-state index contributed by atoms with van der Waals surface area (Å²) in [6.45, 7) is 3.01. The van der Waals surface area contributed by atoms with Gasteiger partial charge in [0.1, 0.15) is 24.7 Å². The summed E-state index contributed by atoms with van der Waals surface area (Å²) in [5.74, 6) is 3.11. The smallest absolute Gasteiger partial charge is 0.234 e. The number of furan rings is 2. The van der Waals surface area contributed by atoms with Crippen molar-refractivity contribution >= 4 is 5.91 Å². The Morgan fingerprint density at radius 3 is 2.28 bits per heavy atom. The molecule has 0 aliphatic carbocycles. The highest BCUT2D eigenvalue weighted by Gasteiger charge is 2.15. The van der Waals surface area contributed by atoms with Gasteiger partial charge in [-0.25, -0.2) is 0 Å². The van der Waals surface area contributed by atoms with E-state index in [-0.39, 0.29) is 12.5 Å². The predicted octanol–water partition coefficient (Wildman–Crippen LogP) is 3.00. The molecule has 3 aromatic rings. The second-order valence-corrected chi connectivity index (χ2v) is 6.88. The van der Waals surface area contributed by atoms with Gasteiger partial charge in [-0.1, -0.05) is 6.07 Å². The molecule has 152 valence electrons. The van der Waals surface area contributed by atoms with E-state index in [0.29, 0.717) is 32.8 Å². The molecular weight excluding hydrogens is 372 g/mol. The number of hydrogen-bond acceptors (Lipinski definition) is 6. The van der Waals surface area contributed by atoms with Crippen LogP contribution >= 0.6 is 0 Å². The number of rotatable bonds is 9. The Morgan fingerprint density at radius 2 is 1.62 bits per heavy atom. The monoisotopic (exact) mass is 396 g/mol. The normalized spacial score (nSPS) is 12.9. The molecule has 0 fully saturated rings. The van der Waals surface area contributed by atoms with Crippen LogP contribution < -0.4 is 14.8 Å². The summed E-state index contributed by atoms with van der Waals surface area (Å²) in [6, 6.07) is 13.4. The van der Waals surface area contributed by atoms with E-state index in [1.54, 1.807) is 12.5 Å². The first-order valence-electron chi connectivity index (χ1n) is 9.68. The molecular formula is C22H24N2O5. The van der Waals surface area contributed by atoms with Crippen LogP contribution in [0.2, 0.25) is 0 Å². The lowest BCUT2D eigenvalue weighted by atomic mass is 10.1. The molecule has 0 atom stereocenters. The Bertz CT molecular complexity index is 869. The first-order valence-corrected chi connectivity index (χ1v) is 9.68. The van der Waals surface area contributed by atoms with Crippen molar-refractivity contribution in [2.45, 2.75) is 19.5 Å². The zero-order valence-corrected chi connectivity index (χ0v) is 16.1. The van der Waals surface area contributed by atoms with Gasteiger partial charge in [-0.3, -0.25) is 9.69 Å². The van der Waals surface area contributed by atoms with Crippen molar-refractivity contribution < 1.29 is 23.1 Å². The average Bonchev–Trinajstić information content (AvgIpc) is 3.42. The van der Waals surface area contributed by atoms with Crippen molar-refractivity contribution in [1.82, 2.24) is 10.2 Å². The Labute approximate surface area is 169 Å². The predicted molar refractivity (Wildman–Crippen MR) is 106 cm³/mol. The molecule has 0 bridgehead atoms. The van der Waals surface area contributed by atoms with Crippen molar-refractivity contribution in [3.05, 3.63) is 72.1 Å². The summed E-state index contributed by atoms with van der Waals surface area (Å²) in [7, 11) is 0. The minimum Gasteiger partial charge on any atom is -0.486 e. The molecule has 1 amide bonds. The van der Waals surface area contributed by atoms with Crippen molar-refractivity contribution in [2.24, 2.45) is 0 Å².